The number of nitrogens with zero attached hydrogens (tertiary/aromatic N) is 1. The average Bonchev–Trinajstić information content (AvgIpc) is 2.40. The van der Waals surface area contributed by atoms with E-state index in [0.29, 0.717) is 25.4 Å². The molecule has 6 heteroatoms. The summed E-state index contributed by atoms with van der Waals surface area (Å²) in [7, 11) is -3.28. The van der Waals surface area contributed by atoms with Gasteiger partial charge in [-0.1, -0.05) is 17.7 Å². The maximum atomic E-state index is 12.0. The third-order valence-corrected chi connectivity index (χ3v) is 4.37. The van der Waals surface area contributed by atoms with Crippen molar-refractivity contribution in [1.29, 1.82) is 0 Å². The molecule has 0 aliphatic carbocycles. The monoisotopic (exact) mass is 284 g/mol. The van der Waals surface area contributed by atoms with E-state index in [1.54, 1.807) is 12.1 Å². The Kier molecular flexibility index (Phi) is 4.79. The van der Waals surface area contributed by atoms with Crippen LogP contribution in [0, 0.1) is 6.92 Å². The first-order valence-corrected chi connectivity index (χ1v) is 8.08. The Morgan fingerprint density at radius 1 is 1.21 bits per heavy atom. The van der Waals surface area contributed by atoms with E-state index < -0.39 is 10.0 Å². The highest BCUT2D eigenvalue weighted by Crippen LogP contribution is 2.11. The van der Waals surface area contributed by atoms with Gasteiger partial charge in [0.1, 0.15) is 0 Å². The van der Waals surface area contributed by atoms with E-state index in [9.17, 15) is 8.42 Å². The molecule has 0 aromatic heterocycles. The highest BCUT2D eigenvalue weighted by atomic mass is 32.2. The fraction of sp³-hybridized carbons (Fsp3) is 0.538. The van der Waals surface area contributed by atoms with Crippen LogP contribution in [0.3, 0.4) is 0 Å². The lowest BCUT2D eigenvalue weighted by Crippen LogP contribution is -2.39. The van der Waals surface area contributed by atoms with Gasteiger partial charge in [0.2, 0.25) is 10.0 Å². The minimum Gasteiger partial charge on any atom is -0.379 e. The lowest BCUT2D eigenvalue weighted by atomic mass is 10.2. The summed E-state index contributed by atoms with van der Waals surface area (Å²) in [5, 5.41) is 0. The van der Waals surface area contributed by atoms with Gasteiger partial charge in [0.25, 0.3) is 0 Å². The second-order valence-corrected chi connectivity index (χ2v) is 6.58. The standard InChI is InChI=1S/C13H20N2O3S/c1-12-2-4-13(5-3-12)14-19(16,17)11-8-15-6-9-18-10-7-15/h2-5,14H,6-11H2,1H3. The van der Waals surface area contributed by atoms with E-state index >= 15 is 0 Å². The van der Waals surface area contributed by atoms with E-state index in [2.05, 4.69) is 9.62 Å². The highest BCUT2D eigenvalue weighted by molar-refractivity contribution is 7.92. The molecule has 1 heterocycles. The zero-order valence-corrected chi connectivity index (χ0v) is 11.9. The number of morpholine rings is 1. The zero-order chi connectivity index (χ0) is 13.7. The predicted octanol–water partition coefficient (Wildman–Crippen LogP) is 1.07. The Morgan fingerprint density at radius 2 is 1.84 bits per heavy atom. The molecule has 106 valence electrons. The molecular formula is C13H20N2O3S. The van der Waals surface area contributed by atoms with Crippen LogP contribution < -0.4 is 4.72 Å². The quantitative estimate of drug-likeness (QED) is 0.878. The number of ether oxygens (including phenoxy) is 1. The minimum absolute atomic E-state index is 0.112. The number of nitrogens with one attached hydrogen (secondary N) is 1. The number of benzene rings is 1. The molecule has 1 saturated heterocycles. The van der Waals surface area contributed by atoms with Gasteiger partial charge in [0.05, 0.1) is 19.0 Å². The summed E-state index contributed by atoms with van der Waals surface area (Å²) in [4.78, 5) is 2.11. The van der Waals surface area contributed by atoms with Crippen molar-refractivity contribution >= 4 is 15.7 Å². The summed E-state index contributed by atoms with van der Waals surface area (Å²) < 4.78 is 31.7. The van der Waals surface area contributed by atoms with Crippen molar-refractivity contribution in [2.45, 2.75) is 6.92 Å². The lowest BCUT2D eigenvalue weighted by molar-refractivity contribution is 0.0408. The summed E-state index contributed by atoms with van der Waals surface area (Å²) in [5.41, 5.74) is 1.73. The molecule has 5 nitrogen and oxygen atoms in total. The lowest BCUT2D eigenvalue weighted by Gasteiger charge is -2.26. The number of rotatable bonds is 5. The molecule has 0 atom stereocenters. The van der Waals surface area contributed by atoms with Crippen molar-refractivity contribution in [1.82, 2.24) is 4.90 Å². The van der Waals surface area contributed by atoms with Crippen LogP contribution in [0.2, 0.25) is 0 Å². The molecule has 0 radical (unpaired) electrons. The topological polar surface area (TPSA) is 58.6 Å². The van der Waals surface area contributed by atoms with E-state index in [0.717, 1.165) is 18.7 Å². The van der Waals surface area contributed by atoms with Crippen LogP contribution in [-0.2, 0) is 14.8 Å². The Labute approximate surface area is 114 Å². The summed E-state index contributed by atoms with van der Waals surface area (Å²) in [6, 6.07) is 7.34. The second-order valence-electron chi connectivity index (χ2n) is 4.74. The van der Waals surface area contributed by atoms with Gasteiger partial charge < -0.3 is 4.74 Å². The number of anilines is 1. The van der Waals surface area contributed by atoms with Crippen molar-refractivity contribution in [3.8, 4) is 0 Å². The molecule has 0 bridgehead atoms. The average molecular weight is 284 g/mol. The van der Waals surface area contributed by atoms with E-state index in [-0.39, 0.29) is 5.75 Å². The Balaban J connectivity index is 1.85. The van der Waals surface area contributed by atoms with E-state index in [1.165, 1.54) is 0 Å². The molecule has 0 amide bonds. The molecule has 0 spiro atoms. The Hall–Kier alpha value is -1.11. The van der Waals surface area contributed by atoms with Crippen molar-refractivity contribution in [2.24, 2.45) is 0 Å². The van der Waals surface area contributed by atoms with Gasteiger partial charge in [-0.05, 0) is 19.1 Å². The fourth-order valence-electron chi connectivity index (χ4n) is 1.93. The predicted molar refractivity (Wildman–Crippen MR) is 75.8 cm³/mol. The highest BCUT2D eigenvalue weighted by Gasteiger charge is 2.15. The van der Waals surface area contributed by atoms with Gasteiger partial charge in [0, 0.05) is 25.3 Å². The SMILES string of the molecule is Cc1ccc(NS(=O)(=O)CCN2CCOCC2)cc1. The summed E-state index contributed by atoms with van der Waals surface area (Å²) >= 11 is 0. The van der Waals surface area contributed by atoms with Gasteiger partial charge in [-0.15, -0.1) is 0 Å². The minimum atomic E-state index is -3.28. The number of hydrogen-bond acceptors (Lipinski definition) is 4. The fourth-order valence-corrected chi connectivity index (χ4v) is 3.02. The van der Waals surface area contributed by atoms with Gasteiger partial charge in [-0.3, -0.25) is 9.62 Å². The molecule has 0 saturated carbocycles. The van der Waals surface area contributed by atoms with E-state index in [4.69, 9.17) is 4.74 Å². The number of hydrogen-bond donors (Lipinski definition) is 1. The van der Waals surface area contributed by atoms with Gasteiger partial charge in [-0.25, -0.2) is 8.42 Å². The van der Waals surface area contributed by atoms with Crippen molar-refractivity contribution in [3.63, 3.8) is 0 Å². The first kappa shape index (κ1) is 14.3. The maximum absolute atomic E-state index is 12.0. The molecule has 0 unspecified atom stereocenters. The molecule has 1 N–H and O–H groups in total. The third kappa shape index (κ3) is 4.81. The number of aryl methyl sites for hydroxylation is 1. The van der Waals surface area contributed by atoms with Crippen LogP contribution in [-0.4, -0.2) is 51.9 Å². The molecule has 1 aliphatic rings. The molecule has 1 aromatic rings. The van der Waals surface area contributed by atoms with Crippen molar-refractivity contribution < 1.29 is 13.2 Å². The summed E-state index contributed by atoms with van der Waals surface area (Å²) in [5.74, 6) is 0.112. The molecule has 19 heavy (non-hydrogen) atoms. The molecule has 1 aliphatic heterocycles. The summed E-state index contributed by atoms with van der Waals surface area (Å²) in [6.07, 6.45) is 0. The first-order chi connectivity index (χ1) is 9.05. The maximum Gasteiger partial charge on any atom is 0.233 e. The van der Waals surface area contributed by atoms with E-state index in [1.807, 2.05) is 19.1 Å². The van der Waals surface area contributed by atoms with Gasteiger partial charge >= 0.3 is 0 Å². The first-order valence-electron chi connectivity index (χ1n) is 6.42. The molecular weight excluding hydrogens is 264 g/mol. The van der Waals surface area contributed by atoms with Crippen molar-refractivity contribution in [2.75, 3.05) is 43.3 Å². The second kappa shape index (κ2) is 6.36. The largest absolute Gasteiger partial charge is 0.379 e. The normalized spacial score (nSPS) is 17.3. The Bertz CT molecular complexity index is 493. The van der Waals surface area contributed by atoms with Crippen LogP contribution in [0.15, 0.2) is 24.3 Å². The van der Waals surface area contributed by atoms with Crippen LogP contribution in [0.4, 0.5) is 5.69 Å². The van der Waals surface area contributed by atoms with Gasteiger partial charge in [-0.2, -0.15) is 0 Å². The third-order valence-electron chi connectivity index (χ3n) is 3.10. The van der Waals surface area contributed by atoms with Crippen LogP contribution in [0.1, 0.15) is 5.56 Å². The van der Waals surface area contributed by atoms with Crippen LogP contribution in [0.25, 0.3) is 0 Å². The smallest absolute Gasteiger partial charge is 0.233 e. The van der Waals surface area contributed by atoms with Crippen LogP contribution in [0.5, 0.6) is 0 Å². The molecule has 2 rings (SSSR count). The Morgan fingerprint density at radius 3 is 2.47 bits per heavy atom. The molecule has 1 aromatic carbocycles. The number of sulfonamides is 1. The molecule has 1 fully saturated rings. The van der Waals surface area contributed by atoms with Crippen molar-refractivity contribution in [3.05, 3.63) is 29.8 Å². The van der Waals surface area contributed by atoms with Gasteiger partial charge in [0.15, 0.2) is 0 Å². The van der Waals surface area contributed by atoms with Crippen LogP contribution >= 0.6 is 0 Å². The summed E-state index contributed by atoms with van der Waals surface area (Å²) in [6.45, 7) is 5.50. The zero-order valence-electron chi connectivity index (χ0n) is 11.1.